The van der Waals surface area contributed by atoms with E-state index in [0.29, 0.717) is 32.0 Å². The van der Waals surface area contributed by atoms with Crippen LogP contribution in [0.15, 0.2) is 4.99 Å². The molecular formula is C29H55N3O7Si. The Labute approximate surface area is 243 Å². The lowest BCUT2D eigenvalue weighted by atomic mass is 9.63. The number of ether oxygens (including phenoxy) is 1. The number of unbranched alkanes of at least 4 members (excludes halogenated alkanes) is 4. The molecule has 40 heavy (non-hydrogen) atoms. The van der Waals surface area contributed by atoms with Crippen molar-refractivity contribution in [1.29, 1.82) is 0 Å². The highest BCUT2D eigenvalue weighted by Crippen LogP contribution is 2.46. The maximum absolute atomic E-state index is 12.8. The largest absolute Gasteiger partial charge is 0.500 e. The van der Waals surface area contributed by atoms with Gasteiger partial charge in [-0.25, -0.2) is 14.6 Å². The molecule has 0 radical (unpaired) electrons. The third-order valence-electron chi connectivity index (χ3n) is 7.83. The Morgan fingerprint density at radius 1 is 0.975 bits per heavy atom. The van der Waals surface area contributed by atoms with E-state index in [0.717, 1.165) is 44.9 Å². The minimum Gasteiger partial charge on any atom is -0.446 e. The lowest BCUT2D eigenvalue weighted by molar-refractivity contribution is -0.121. The maximum Gasteiger partial charge on any atom is 0.500 e. The van der Waals surface area contributed by atoms with Crippen molar-refractivity contribution in [3.8, 4) is 0 Å². The van der Waals surface area contributed by atoms with E-state index in [1.54, 1.807) is 27.4 Å². The Bertz CT molecular complexity index is 794. The number of amides is 2. The second kappa shape index (κ2) is 18.6. The predicted molar refractivity (Wildman–Crippen MR) is 158 cm³/mol. The molecule has 0 aromatic carbocycles. The Hall–Kier alpha value is -1.78. The van der Waals surface area contributed by atoms with E-state index in [1.807, 2.05) is 0 Å². The van der Waals surface area contributed by atoms with Crippen LogP contribution >= 0.6 is 0 Å². The van der Waals surface area contributed by atoms with Gasteiger partial charge in [-0.3, -0.25) is 4.79 Å². The first-order valence-corrected chi connectivity index (χ1v) is 16.8. The lowest BCUT2D eigenvalue weighted by Crippen LogP contribution is -2.45. The van der Waals surface area contributed by atoms with Gasteiger partial charge >= 0.3 is 14.9 Å². The third kappa shape index (κ3) is 14.2. The quantitative estimate of drug-likeness (QED) is 0.0833. The van der Waals surface area contributed by atoms with Gasteiger partial charge in [0.15, 0.2) is 0 Å². The van der Waals surface area contributed by atoms with Gasteiger partial charge in [-0.15, -0.1) is 0 Å². The van der Waals surface area contributed by atoms with Crippen LogP contribution in [0.5, 0.6) is 0 Å². The van der Waals surface area contributed by atoms with Gasteiger partial charge in [0.1, 0.15) is 6.10 Å². The van der Waals surface area contributed by atoms with E-state index in [-0.39, 0.29) is 35.3 Å². The Morgan fingerprint density at radius 2 is 1.65 bits per heavy atom. The number of carbonyl (C=O) groups is 2. The highest BCUT2D eigenvalue weighted by molar-refractivity contribution is 6.60. The molecule has 10 nitrogen and oxygen atoms in total. The number of carbonyl (C=O) groups excluding carboxylic acids is 3. The summed E-state index contributed by atoms with van der Waals surface area (Å²) in [6.45, 7) is 9.57. The summed E-state index contributed by atoms with van der Waals surface area (Å²) in [5.74, 6) is -0.0711. The molecule has 232 valence electrons. The Kier molecular flexibility index (Phi) is 16.9. The van der Waals surface area contributed by atoms with Crippen LogP contribution in [0.25, 0.3) is 0 Å². The fourth-order valence-electron chi connectivity index (χ4n) is 6.06. The zero-order chi connectivity index (χ0) is 30.1. The molecule has 3 atom stereocenters. The number of nitrogens with zero attached hydrogens (tertiary/aromatic N) is 1. The van der Waals surface area contributed by atoms with Crippen LogP contribution in [0.2, 0.25) is 6.04 Å². The van der Waals surface area contributed by atoms with Crippen molar-refractivity contribution in [2.24, 2.45) is 15.8 Å². The molecular weight excluding hydrogens is 530 g/mol. The molecule has 0 saturated heterocycles. The average molecular weight is 586 g/mol. The molecule has 0 spiro atoms. The van der Waals surface area contributed by atoms with Crippen molar-refractivity contribution < 1.29 is 32.4 Å². The molecule has 1 saturated carbocycles. The van der Waals surface area contributed by atoms with E-state index in [9.17, 15) is 14.4 Å². The monoisotopic (exact) mass is 585 g/mol. The summed E-state index contributed by atoms with van der Waals surface area (Å²) in [4.78, 5) is 40.2. The lowest BCUT2D eigenvalue weighted by Gasteiger charge is -2.45. The first-order valence-electron chi connectivity index (χ1n) is 14.9. The third-order valence-corrected chi connectivity index (χ3v) is 10.7. The Balaban J connectivity index is 2.60. The van der Waals surface area contributed by atoms with Crippen LogP contribution in [0.3, 0.4) is 0 Å². The van der Waals surface area contributed by atoms with Crippen molar-refractivity contribution in [3.05, 3.63) is 0 Å². The van der Waals surface area contributed by atoms with Crippen LogP contribution in [0.4, 0.5) is 4.79 Å². The number of hydrogen-bond acceptors (Lipinski definition) is 8. The minimum atomic E-state index is -2.65. The second-order valence-electron chi connectivity index (χ2n) is 12.3. The van der Waals surface area contributed by atoms with Gasteiger partial charge in [0.2, 0.25) is 12.0 Å². The van der Waals surface area contributed by atoms with Crippen LogP contribution in [0.1, 0.15) is 105 Å². The molecule has 0 aliphatic heterocycles. The van der Waals surface area contributed by atoms with Crippen LogP contribution in [-0.2, 0) is 27.6 Å². The van der Waals surface area contributed by atoms with Gasteiger partial charge in [0.05, 0.1) is 6.04 Å². The maximum atomic E-state index is 12.8. The van der Waals surface area contributed by atoms with Crippen LogP contribution in [0, 0.1) is 10.8 Å². The summed E-state index contributed by atoms with van der Waals surface area (Å²) in [6.07, 6.45) is 11.1. The summed E-state index contributed by atoms with van der Waals surface area (Å²) in [5.41, 5.74) is -0.186. The summed E-state index contributed by atoms with van der Waals surface area (Å²) < 4.78 is 22.1. The number of aliphatic imine (C=N–C) groups is 1. The zero-order valence-corrected chi connectivity index (χ0v) is 27.1. The molecule has 0 heterocycles. The molecule has 0 bridgehead atoms. The summed E-state index contributed by atoms with van der Waals surface area (Å²) >= 11 is 0. The SMILES string of the molecule is CCCCCCCC(CCC(=O)NCCC[Si](OC)(OC)OC)OC(=O)NCC1(C)CC(N=C=O)CC(C)(C)C1. The Morgan fingerprint density at radius 3 is 2.27 bits per heavy atom. The van der Waals surface area contributed by atoms with Crippen LogP contribution in [-0.4, -0.2) is 73.4 Å². The molecule has 3 unspecified atom stereocenters. The number of alkyl carbamates (subject to hydrolysis) is 1. The van der Waals surface area contributed by atoms with E-state index in [2.05, 4.69) is 43.3 Å². The number of nitrogens with one attached hydrogen (secondary N) is 2. The van der Waals surface area contributed by atoms with E-state index in [1.165, 1.54) is 12.8 Å². The summed E-state index contributed by atoms with van der Waals surface area (Å²) in [7, 11) is 2.08. The highest BCUT2D eigenvalue weighted by Gasteiger charge is 2.41. The molecule has 0 aromatic rings. The van der Waals surface area contributed by atoms with Gasteiger partial charge in [-0.05, 0) is 55.8 Å². The van der Waals surface area contributed by atoms with Gasteiger partial charge in [0.25, 0.3) is 0 Å². The summed E-state index contributed by atoms with van der Waals surface area (Å²) in [6, 6.07) is 0.523. The molecule has 0 aromatic heterocycles. The topological polar surface area (TPSA) is 125 Å². The van der Waals surface area contributed by atoms with Crippen molar-refractivity contribution >= 4 is 26.9 Å². The van der Waals surface area contributed by atoms with Crippen molar-refractivity contribution in [2.75, 3.05) is 34.4 Å². The molecule has 1 aliphatic carbocycles. The van der Waals surface area contributed by atoms with Crippen molar-refractivity contribution in [3.63, 3.8) is 0 Å². The molecule has 1 aliphatic rings. The van der Waals surface area contributed by atoms with E-state index < -0.39 is 14.9 Å². The van der Waals surface area contributed by atoms with Gasteiger partial charge in [-0.1, -0.05) is 53.4 Å². The first-order chi connectivity index (χ1) is 19.0. The standard InChI is InChI=1S/C29H55N3O7Si/c1-8-9-10-11-12-14-25(15-16-26(34)30-17-13-18-40(36-5,37-6)38-7)39-27(35)31-22-29(4)20-24(32-23-33)19-28(2,3)21-29/h24-25H,8-22H2,1-7H3,(H,30,34)(H,31,35). The van der Waals surface area contributed by atoms with Gasteiger partial charge < -0.3 is 28.6 Å². The van der Waals surface area contributed by atoms with E-state index in [4.69, 9.17) is 18.0 Å². The van der Waals surface area contributed by atoms with Gasteiger partial charge in [0, 0.05) is 46.9 Å². The summed E-state index contributed by atoms with van der Waals surface area (Å²) in [5, 5.41) is 5.90. The molecule has 2 amide bonds. The zero-order valence-electron chi connectivity index (χ0n) is 26.1. The van der Waals surface area contributed by atoms with E-state index >= 15 is 0 Å². The van der Waals surface area contributed by atoms with Crippen LogP contribution < -0.4 is 10.6 Å². The van der Waals surface area contributed by atoms with Crippen molar-refractivity contribution in [1.82, 2.24) is 10.6 Å². The smallest absolute Gasteiger partial charge is 0.446 e. The number of isocyanates is 1. The molecule has 11 heteroatoms. The fourth-order valence-corrected chi connectivity index (χ4v) is 7.79. The predicted octanol–water partition coefficient (Wildman–Crippen LogP) is 5.53. The molecule has 1 rings (SSSR count). The molecule has 2 N–H and O–H groups in total. The normalized spacial score (nSPS) is 21.2. The number of rotatable bonds is 20. The minimum absolute atomic E-state index is 0.0123. The average Bonchev–Trinajstić information content (AvgIpc) is 2.90. The number of hydrogen-bond donors (Lipinski definition) is 2. The van der Waals surface area contributed by atoms with Gasteiger partial charge in [-0.2, -0.15) is 0 Å². The van der Waals surface area contributed by atoms with Crippen molar-refractivity contribution in [2.45, 2.75) is 123 Å². The highest BCUT2D eigenvalue weighted by atomic mass is 28.4. The molecule has 1 fully saturated rings. The fraction of sp³-hybridized carbons (Fsp3) is 0.897. The first kappa shape index (κ1) is 36.2. The second-order valence-corrected chi connectivity index (χ2v) is 15.4.